The van der Waals surface area contributed by atoms with E-state index in [-0.39, 0.29) is 30.1 Å². The van der Waals surface area contributed by atoms with Crippen LogP contribution in [0.25, 0.3) is 0 Å². The predicted molar refractivity (Wildman–Crippen MR) is 92.8 cm³/mol. The largest absolute Gasteiger partial charge is 0.396 e. The van der Waals surface area contributed by atoms with E-state index in [9.17, 15) is 9.90 Å². The summed E-state index contributed by atoms with van der Waals surface area (Å²) in [6, 6.07) is -0.199. The minimum Gasteiger partial charge on any atom is -0.396 e. The molecule has 0 unspecified atom stereocenters. The average Bonchev–Trinajstić information content (AvgIpc) is 2.89. The van der Waals surface area contributed by atoms with Gasteiger partial charge in [-0.05, 0) is 18.3 Å². The van der Waals surface area contributed by atoms with Crippen LogP contribution in [0.15, 0.2) is 0 Å². The molecule has 1 aliphatic heterocycles. The van der Waals surface area contributed by atoms with Crippen molar-refractivity contribution < 1.29 is 9.90 Å². The van der Waals surface area contributed by atoms with E-state index >= 15 is 0 Å². The normalized spacial score (nSPS) is 19.0. The van der Waals surface area contributed by atoms with Gasteiger partial charge in [-0.2, -0.15) is 5.10 Å². The molecule has 0 aliphatic carbocycles. The molecule has 0 fully saturated rings. The minimum absolute atomic E-state index is 0.0500. The van der Waals surface area contributed by atoms with Gasteiger partial charge in [-0.1, -0.05) is 34.6 Å². The number of hydrogen-bond donors (Lipinski definition) is 3. The molecule has 7 heteroatoms. The molecular formula is C17H31N5O2. The number of urea groups is 1. The van der Waals surface area contributed by atoms with Gasteiger partial charge < -0.3 is 15.7 Å². The summed E-state index contributed by atoms with van der Waals surface area (Å²) in [4.78, 5) is 16.9. The zero-order valence-electron chi connectivity index (χ0n) is 15.5. The van der Waals surface area contributed by atoms with Crippen molar-refractivity contribution in [1.82, 2.24) is 25.4 Å². The first-order chi connectivity index (χ1) is 11.2. The lowest BCUT2D eigenvalue weighted by Crippen LogP contribution is -2.52. The zero-order valence-corrected chi connectivity index (χ0v) is 15.5. The van der Waals surface area contributed by atoms with Crippen LogP contribution >= 0.6 is 0 Å². The number of hydrogen-bond acceptors (Lipinski definition) is 4. The molecule has 0 bridgehead atoms. The second kappa shape index (κ2) is 7.51. The number of aliphatic hydroxyl groups is 1. The van der Waals surface area contributed by atoms with Crippen LogP contribution in [0, 0.1) is 5.41 Å². The smallest absolute Gasteiger partial charge is 0.315 e. The van der Waals surface area contributed by atoms with E-state index in [2.05, 4.69) is 55.3 Å². The number of carbonyl (C=O) groups is 1. The summed E-state index contributed by atoms with van der Waals surface area (Å²) >= 11 is 0. The van der Waals surface area contributed by atoms with Crippen LogP contribution in [0.2, 0.25) is 0 Å². The highest BCUT2D eigenvalue weighted by Crippen LogP contribution is 2.22. The fraction of sp³-hybridized carbons (Fsp3) is 0.824. The van der Waals surface area contributed by atoms with Gasteiger partial charge in [-0.3, -0.25) is 0 Å². The molecule has 2 rings (SSSR count). The second-order valence-electron chi connectivity index (χ2n) is 8.01. The Kier molecular flexibility index (Phi) is 5.85. The van der Waals surface area contributed by atoms with Crippen molar-refractivity contribution >= 4 is 6.03 Å². The van der Waals surface area contributed by atoms with Crippen LogP contribution in [0.1, 0.15) is 65.0 Å². The van der Waals surface area contributed by atoms with Crippen molar-refractivity contribution in [2.45, 2.75) is 78.4 Å². The lowest BCUT2D eigenvalue weighted by molar-refractivity contribution is 0.185. The number of nitrogens with one attached hydrogen (secondary N) is 2. The van der Waals surface area contributed by atoms with E-state index in [1.807, 2.05) is 4.68 Å². The molecule has 0 aromatic carbocycles. The van der Waals surface area contributed by atoms with Crippen molar-refractivity contribution in [3.63, 3.8) is 0 Å². The first-order valence-corrected chi connectivity index (χ1v) is 8.82. The van der Waals surface area contributed by atoms with E-state index in [0.717, 1.165) is 24.5 Å². The third-order valence-corrected chi connectivity index (χ3v) is 4.49. The maximum atomic E-state index is 12.3. The van der Waals surface area contributed by atoms with Gasteiger partial charge in [-0.15, -0.1) is 0 Å². The number of carbonyl (C=O) groups excluding carboxylic acids is 1. The second-order valence-corrected chi connectivity index (χ2v) is 8.01. The van der Waals surface area contributed by atoms with E-state index in [1.165, 1.54) is 0 Å². The molecule has 24 heavy (non-hydrogen) atoms. The maximum absolute atomic E-state index is 12.3. The number of amides is 2. The van der Waals surface area contributed by atoms with Crippen LogP contribution in [-0.2, 0) is 13.0 Å². The molecule has 1 aromatic rings. The van der Waals surface area contributed by atoms with Gasteiger partial charge in [0.05, 0.1) is 12.6 Å². The summed E-state index contributed by atoms with van der Waals surface area (Å²) in [6.45, 7) is 11.1. The molecule has 0 saturated heterocycles. The summed E-state index contributed by atoms with van der Waals surface area (Å²) in [5.41, 5.74) is -0.0993. The zero-order chi connectivity index (χ0) is 17.9. The summed E-state index contributed by atoms with van der Waals surface area (Å²) in [7, 11) is 0. The highest BCUT2D eigenvalue weighted by atomic mass is 16.3. The van der Waals surface area contributed by atoms with E-state index in [0.29, 0.717) is 18.9 Å². The van der Waals surface area contributed by atoms with E-state index in [4.69, 9.17) is 0 Å². The molecule has 7 nitrogen and oxygen atoms in total. The molecule has 136 valence electrons. The number of fused-ring (bicyclic) bond motifs is 1. The van der Waals surface area contributed by atoms with Gasteiger partial charge in [0.15, 0.2) is 5.82 Å². The summed E-state index contributed by atoms with van der Waals surface area (Å²) in [6.07, 6.45) is 2.24. The third-order valence-electron chi connectivity index (χ3n) is 4.49. The molecule has 0 spiro atoms. The highest BCUT2D eigenvalue weighted by molar-refractivity contribution is 5.74. The van der Waals surface area contributed by atoms with Gasteiger partial charge in [0.1, 0.15) is 5.82 Å². The lowest BCUT2D eigenvalue weighted by Gasteiger charge is -2.32. The van der Waals surface area contributed by atoms with Crippen LogP contribution < -0.4 is 10.6 Å². The number of rotatable bonds is 5. The Balaban J connectivity index is 1.93. The fourth-order valence-electron chi connectivity index (χ4n) is 2.93. The first kappa shape index (κ1) is 18.7. The lowest BCUT2D eigenvalue weighted by atomic mass is 9.85. The Hall–Kier alpha value is -1.63. The monoisotopic (exact) mass is 337 g/mol. The summed E-state index contributed by atoms with van der Waals surface area (Å²) in [5.74, 6) is 2.18. The van der Waals surface area contributed by atoms with Crippen molar-refractivity contribution in [2.24, 2.45) is 5.41 Å². The molecule has 1 aliphatic rings. The highest BCUT2D eigenvalue weighted by Gasteiger charge is 2.28. The molecule has 2 amide bonds. The number of aromatic nitrogens is 3. The Morgan fingerprint density at radius 2 is 2.12 bits per heavy atom. The maximum Gasteiger partial charge on any atom is 0.315 e. The Morgan fingerprint density at radius 3 is 2.71 bits per heavy atom. The van der Waals surface area contributed by atoms with Crippen LogP contribution in [0.4, 0.5) is 4.79 Å². The van der Waals surface area contributed by atoms with Gasteiger partial charge in [0.25, 0.3) is 0 Å². The molecule has 3 N–H and O–H groups in total. The van der Waals surface area contributed by atoms with Crippen molar-refractivity contribution in [3.8, 4) is 0 Å². The number of aryl methyl sites for hydroxylation is 1. The van der Waals surface area contributed by atoms with Gasteiger partial charge in [0, 0.05) is 25.0 Å². The van der Waals surface area contributed by atoms with Crippen LogP contribution in [0.3, 0.4) is 0 Å². The SMILES string of the molecule is CC(C)c1nc2n(n1)C[C@@H](NC(=O)N[C@H](CCO)C(C)(C)C)CC2. The van der Waals surface area contributed by atoms with Gasteiger partial charge in [-0.25, -0.2) is 14.5 Å². The first-order valence-electron chi connectivity index (χ1n) is 8.82. The Morgan fingerprint density at radius 1 is 1.42 bits per heavy atom. The third kappa shape index (κ3) is 4.69. The van der Waals surface area contributed by atoms with Crippen molar-refractivity contribution in [3.05, 3.63) is 11.6 Å². The molecule has 0 radical (unpaired) electrons. The van der Waals surface area contributed by atoms with E-state index in [1.54, 1.807) is 0 Å². The minimum atomic E-state index is -0.180. The van der Waals surface area contributed by atoms with Crippen LogP contribution in [0.5, 0.6) is 0 Å². The topological polar surface area (TPSA) is 92.1 Å². The molecule has 2 heterocycles. The van der Waals surface area contributed by atoms with Crippen LogP contribution in [-0.4, -0.2) is 44.6 Å². The fourth-order valence-corrected chi connectivity index (χ4v) is 2.93. The molecule has 2 atom stereocenters. The number of aliphatic hydroxyl groups excluding tert-OH is 1. The number of nitrogens with zero attached hydrogens (tertiary/aromatic N) is 3. The molecule has 1 aromatic heterocycles. The standard InChI is InChI=1S/C17H31N5O2/c1-11(2)15-20-14-7-6-12(10-22(14)21-15)18-16(24)19-13(8-9-23)17(3,4)5/h11-13,23H,6-10H2,1-5H3,(H2,18,19,24)/t12-,13+/m0/s1. The summed E-state index contributed by atoms with van der Waals surface area (Å²) < 4.78 is 1.92. The molecular weight excluding hydrogens is 306 g/mol. The predicted octanol–water partition coefficient (Wildman–Crippen LogP) is 1.81. The quantitative estimate of drug-likeness (QED) is 0.764. The summed E-state index contributed by atoms with van der Waals surface area (Å²) in [5, 5.41) is 19.8. The molecule has 0 saturated carbocycles. The Labute approximate surface area is 144 Å². The van der Waals surface area contributed by atoms with Gasteiger partial charge >= 0.3 is 6.03 Å². The Bertz CT molecular complexity index is 562. The average molecular weight is 337 g/mol. The van der Waals surface area contributed by atoms with E-state index < -0.39 is 0 Å². The van der Waals surface area contributed by atoms with Gasteiger partial charge in [0.2, 0.25) is 0 Å². The van der Waals surface area contributed by atoms with Crippen molar-refractivity contribution in [1.29, 1.82) is 0 Å². The van der Waals surface area contributed by atoms with Crippen molar-refractivity contribution in [2.75, 3.05) is 6.61 Å².